The van der Waals surface area contributed by atoms with Crippen LogP contribution < -0.4 is 5.73 Å². The van der Waals surface area contributed by atoms with Crippen LogP contribution in [0.4, 0.5) is 0 Å². The van der Waals surface area contributed by atoms with Crippen molar-refractivity contribution in [3.63, 3.8) is 0 Å². The van der Waals surface area contributed by atoms with Crippen LogP contribution in [0.5, 0.6) is 0 Å². The average molecular weight is 280 g/mol. The summed E-state index contributed by atoms with van der Waals surface area (Å²) in [5.74, 6) is 0.598. The topological polar surface area (TPSA) is 26.0 Å². The molecule has 0 aromatic rings. The number of rotatable bonds is 0. The summed E-state index contributed by atoms with van der Waals surface area (Å²) in [7, 11) is 0. The maximum absolute atomic E-state index is 6.77. The van der Waals surface area contributed by atoms with Gasteiger partial charge in [0.25, 0.3) is 0 Å². The third kappa shape index (κ3) is 3.13. The van der Waals surface area contributed by atoms with Gasteiger partial charge in [0.15, 0.2) is 0 Å². The summed E-state index contributed by atoms with van der Waals surface area (Å²) in [5, 5.41) is 0. The molecule has 3 unspecified atom stereocenters. The van der Waals surface area contributed by atoms with Crippen LogP contribution in [0.2, 0.25) is 0 Å². The van der Waals surface area contributed by atoms with Crippen molar-refractivity contribution in [3.05, 3.63) is 11.6 Å². The smallest absolute Gasteiger partial charge is 0.0318 e. The Hall–Kier alpha value is -0.300. The van der Waals surface area contributed by atoms with Crippen molar-refractivity contribution >= 4 is 0 Å². The minimum absolute atomic E-state index is 0.141. The minimum atomic E-state index is 0.141. The van der Waals surface area contributed by atoms with E-state index in [4.69, 9.17) is 5.73 Å². The van der Waals surface area contributed by atoms with E-state index >= 15 is 0 Å². The van der Waals surface area contributed by atoms with Gasteiger partial charge in [0.05, 0.1) is 0 Å². The van der Waals surface area contributed by atoms with Crippen LogP contribution in [0.3, 0.4) is 0 Å². The van der Waals surface area contributed by atoms with E-state index in [-0.39, 0.29) is 22.3 Å². The van der Waals surface area contributed by atoms with Crippen molar-refractivity contribution in [2.75, 3.05) is 0 Å². The molecule has 0 saturated carbocycles. The van der Waals surface area contributed by atoms with Gasteiger partial charge < -0.3 is 5.73 Å². The molecule has 1 aliphatic rings. The Morgan fingerprint density at radius 2 is 1.45 bits per heavy atom. The molecule has 1 aliphatic carbocycles. The summed E-state index contributed by atoms with van der Waals surface area (Å²) < 4.78 is 0. The SMILES string of the molecule is CC(C)(C)C1=CC(C(C)(C)C)CC(C)(C(C)(C)C)C1N. The predicted molar refractivity (Wildman–Crippen MR) is 90.6 cm³/mol. The highest BCUT2D eigenvalue weighted by molar-refractivity contribution is 5.28. The minimum Gasteiger partial charge on any atom is -0.324 e. The maximum Gasteiger partial charge on any atom is 0.0318 e. The molecule has 1 nitrogen and oxygen atoms in total. The van der Waals surface area contributed by atoms with Crippen molar-refractivity contribution in [1.82, 2.24) is 0 Å². The highest BCUT2D eigenvalue weighted by atomic mass is 14.7. The molecule has 20 heavy (non-hydrogen) atoms. The Kier molecular flexibility index (Phi) is 4.32. The second kappa shape index (κ2) is 4.87. The fraction of sp³-hybridized carbons (Fsp3) is 0.895. The van der Waals surface area contributed by atoms with Crippen molar-refractivity contribution in [2.24, 2.45) is 33.3 Å². The summed E-state index contributed by atoms with van der Waals surface area (Å²) in [6.45, 7) is 23.4. The number of hydrogen-bond acceptors (Lipinski definition) is 1. The molecule has 0 heterocycles. The van der Waals surface area contributed by atoms with Crippen molar-refractivity contribution in [1.29, 1.82) is 0 Å². The van der Waals surface area contributed by atoms with E-state index in [1.165, 1.54) is 12.0 Å². The van der Waals surface area contributed by atoms with Crippen molar-refractivity contribution in [3.8, 4) is 0 Å². The van der Waals surface area contributed by atoms with Gasteiger partial charge in [-0.15, -0.1) is 0 Å². The zero-order valence-electron chi connectivity index (χ0n) is 15.5. The molecule has 118 valence electrons. The van der Waals surface area contributed by atoms with E-state index < -0.39 is 0 Å². The molecule has 2 N–H and O–H groups in total. The molecule has 0 aliphatic heterocycles. The van der Waals surface area contributed by atoms with Gasteiger partial charge in [-0.05, 0) is 34.0 Å². The molecule has 0 aromatic heterocycles. The summed E-state index contributed by atoms with van der Waals surface area (Å²) in [6.07, 6.45) is 3.68. The highest BCUT2D eigenvalue weighted by Crippen LogP contribution is 2.55. The van der Waals surface area contributed by atoms with Crippen molar-refractivity contribution in [2.45, 2.75) is 81.7 Å². The first-order chi connectivity index (χ1) is 8.61. The average Bonchev–Trinajstić information content (AvgIpc) is 2.16. The van der Waals surface area contributed by atoms with E-state index in [1.54, 1.807) is 0 Å². The first-order valence-corrected chi connectivity index (χ1v) is 8.08. The van der Waals surface area contributed by atoms with E-state index in [0.717, 1.165) is 0 Å². The molecule has 0 radical (unpaired) electrons. The summed E-state index contributed by atoms with van der Waals surface area (Å²) >= 11 is 0. The highest BCUT2D eigenvalue weighted by Gasteiger charge is 2.50. The van der Waals surface area contributed by atoms with Gasteiger partial charge in [-0.3, -0.25) is 0 Å². The van der Waals surface area contributed by atoms with Gasteiger partial charge in [0.1, 0.15) is 0 Å². The number of allylic oxidation sites excluding steroid dienone is 1. The Morgan fingerprint density at radius 1 is 1.00 bits per heavy atom. The second-order valence-electron chi connectivity index (χ2n) is 10.2. The Balaban J connectivity index is 3.41. The molecule has 0 aromatic carbocycles. The van der Waals surface area contributed by atoms with Crippen LogP contribution in [-0.4, -0.2) is 6.04 Å². The summed E-state index contributed by atoms with van der Waals surface area (Å²) in [6, 6.07) is 0.154. The third-order valence-electron chi connectivity index (χ3n) is 5.74. The first kappa shape index (κ1) is 17.8. The Labute approximate surface area is 127 Å². The van der Waals surface area contributed by atoms with Crippen molar-refractivity contribution < 1.29 is 0 Å². The lowest BCUT2D eigenvalue weighted by molar-refractivity contribution is 0.0257. The van der Waals surface area contributed by atoms with Gasteiger partial charge in [-0.25, -0.2) is 0 Å². The van der Waals surface area contributed by atoms with Gasteiger partial charge in [-0.2, -0.15) is 0 Å². The van der Waals surface area contributed by atoms with Gasteiger partial charge in [0, 0.05) is 6.04 Å². The van der Waals surface area contributed by atoms with E-state index in [2.05, 4.69) is 75.3 Å². The molecule has 1 rings (SSSR count). The van der Waals surface area contributed by atoms with Crippen LogP contribution in [0.1, 0.15) is 75.7 Å². The lowest BCUT2D eigenvalue weighted by Gasteiger charge is -2.55. The summed E-state index contributed by atoms with van der Waals surface area (Å²) in [4.78, 5) is 0. The second-order valence-corrected chi connectivity index (χ2v) is 10.2. The number of hydrogen-bond donors (Lipinski definition) is 1. The molecule has 0 amide bonds. The fourth-order valence-corrected chi connectivity index (χ4v) is 3.35. The van der Waals surface area contributed by atoms with Crippen LogP contribution in [0.15, 0.2) is 11.6 Å². The van der Waals surface area contributed by atoms with Gasteiger partial charge in [0.2, 0.25) is 0 Å². The van der Waals surface area contributed by atoms with E-state index in [1.807, 2.05) is 0 Å². The lowest BCUT2D eigenvalue weighted by Crippen LogP contribution is -2.55. The predicted octanol–water partition coefficient (Wildman–Crippen LogP) is 5.40. The number of nitrogens with two attached hydrogens (primary N) is 1. The molecule has 3 atom stereocenters. The maximum atomic E-state index is 6.77. The molecular weight excluding hydrogens is 242 g/mol. The van der Waals surface area contributed by atoms with E-state index in [9.17, 15) is 0 Å². The Bertz CT molecular complexity index is 383. The molecule has 0 saturated heterocycles. The van der Waals surface area contributed by atoms with Gasteiger partial charge in [-0.1, -0.05) is 80.9 Å². The molecular formula is C19H37N. The third-order valence-corrected chi connectivity index (χ3v) is 5.74. The Morgan fingerprint density at radius 3 is 1.75 bits per heavy atom. The zero-order valence-corrected chi connectivity index (χ0v) is 15.5. The molecule has 0 fully saturated rings. The van der Waals surface area contributed by atoms with Crippen LogP contribution in [0, 0.1) is 27.6 Å². The first-order valence-electron chi connectivity index (χ1n) is 8.08. The largest absolute Gasteiger partial charge is 0.324 e. The van der Waals surface area contributed by atoms with Crippen LogP contribution in [-0.2, 0) is 0 Å². The monoisotopic (exact) mass is 279 g/mol. The van der Waals surface area contributed by atoms with Gasteiger partial charge >= 0.3 is 0 Å². The standard InChI is InChI=1S/C19H37N/c1-16(2,3)13-11-14(17(4,5)6)15(20)19(10,12-13)18(7,8)9/h11,13,15H,12,20H2,1-10H3. The lowest BCUT2D eigenvalue weighted by atomic mass is 9.51. The molecule has 0 spiro atoms. The van der Waals surface area contributed by atoms with E-state index in [0.29, 0.717) is 11.3 Å². The normalized spacial score (nSPS) is 33.0. The summed E-state index contributed by atoms with van der Waals surface area (Å²) in [5.41, 5.74) is 9.01. The van der Waals surface area contributed by atoms with Crippen LogP contribution >= 0.6 is 0 Å². The fourth-order valence-electron chi connectivity index (χ4n) is 3.35. The van der Waals surface area contributed by atoms with Crippen LogP contribution in [0.25, 0.3) is 0 Å². The zero-order chi connectivity index (χ0) is 16.1. The molecule has 1 heteroatoms. The molecule has 0 bridgehead atoms. The quantitative estimate of drug-likeness (QED) is 0.590.